The van der Waals surface area contributed by atoms with Gasteiger partial charge in [0.15, 0.2) is 0 Å². The van der Waals surface area contributed by atoms with Gasteiger partial charge in [0.25, 0.3) is 0 Å². The molecule has 0 saturated heterocycles. The number of nitrogens with zero attached hydrogens (tertiary/aromatic N) is 2. The van der Waals surface area contributed by atoms with Crippen LogP contribution in [-0.4, -0.2) is 41.5 Å². The van der Waals surface area contributed by atoms with Crippen molar-refractivity contribution in [3.8, 4) is 0 Å². The highest BCUT2D eigenvalue weighted by atomic mass is 19.4. The molecular weight excluding hydrogens is 305 g/mol. The third-order valence-corrected chi connectivity index (χ3v) is 2.79. The molecule has 1 N–H and O–H groups in total. The van der Waals surface area contributed by atoms with Gasteiger partial charge in [-0.15, -0.1) is 5.10 Å². The van der Waals surface area contributed by atoms with Crippen LogP contribution in [-0.2, 0) is 15.7 Å². The maximum Gasteiger partial charge on any atom is 0.428 e. The number of hydrazone groups is 1. The van der Waals surface area contributed by atoms with Crippen molar-refractivity contribution >= 4 is 12.0 Å². The average Bonchev–Trinajstić information content (AvgIpc) is 2.46. The van der Waals surface area contributed by atoms with Crippen LogP contribution in [0.5, 0.6) is 0 Å². The van der Waals surface area contributed by atoms with E-state index in [4.69, 9.17) is 14.6 Å². The molecule has 1 aromatic rings. The summed E-state index contributed by atoms with van der Waals surface area (Å²) >= 11 is 0. The molecule has 0 spiro atoms. The van der Waals surface area contributed by atoms with Gasteiger partial charge in [-0.1, -0.05) is 6.07 Å². The second-order valence-corrected chi connectivity index (χ2v) is 4.35. The summed E-state index contributed by atoms with van der Waals surface area (Å²) in [6, 6.07) is 4.29. The minimum absolute atomic E-state index is 0.0190. The van der Waals surface area contributed by atoms with E-state index >= 15 is 0 Å². The molecular formula is C13H13F3N2O4. The Labute approximate surface area is 123 Å². The number of carbonyl (C=O) groups is 1. The van der Waals surface area contributed by atoms with E-state index in [1.807, 2.05) is 0 Å². The zero-order valence-electron chi connectivity index (χ0n) is 11.5. The van der Waals surface area contributed by atoms with Crippen LogP contribution >= 0.6 is 0 Å². The third kappa shape index (κ3) is 3.67. The van der Waals surface area contributed by atoms with Gasteiger partial charge in [0.2, 0.25) is 12.2 Å². The summed E-state index contributed by atoms with van der Waals surface area (Å²) in [7, 11) is 0. The Bertz CT molecular complexity index is 589. The number of ether oxygens (including phenoxy) is 2. The van der Waals surface area contributed by atoms with Crippen LogP contribution in [0.1, 0.15) is 18.1 Å². The van der Waals surface area contributed by atoms with Gasteiger partial charge in [-0.2, -0.15) is 18.2 Å². The van der Waals surface area contributed by atoms with Crippen molar-refractivity contribution in [3.05, 3.63) is 35.4 Å². The standard InChI is InChI=1S/C13H13F3N2O4/c1-2-21-10-7-18(12(19)20)17-11(22-10)8-4-3-5-9(6-8)13(14,15)16/h3-6,10H,2,7H2,1H3,(H,19,20). The van der Waals surface area contributed by atoms with Crippen LogP contribution < -0.4 is 0 Å². The summed E-state index contributed by atoms with van der Waals surface area (Å²) in [6.45, 7) is 1.78. The second kappa shape index (κ2) is 6.22. The Hall–Kier alpha value is -2.29. The van der Waals surface area contributed by atoms with E-state index in [9.17, 15) is 18.0 Å². The molecule has 1 aliphatic heterocycles. The summed E-state index contributed by atoms with van der Waals surface area (Å²) in [5.41, 5.74) is -0.859. The molecule has 1 heterocycles. The summed E-state index contributed by atoms with van der Waals surface area (Å²) in [6.07, 6.45) is -6.79. The van der Waals surface area contributed by atoms with Gasteiger partial charge in [-0.05, 0) is 25.1 Å². The average molecular weight is 318 g/mol. The molecule has 2 rings (SSSR count). The molecule has 1 aliphatic rings. The molecule has 0 aliphatic carbocycles. The molecule has 1 aromatic carbocycles. The van der Waals surface area contributed by atoms with Gasteiger partial charge in [-0.3, -0.25) is 0 Å². The Morgan fingerprint density at radius 1 is 1.55 bits per heavy atom. The Morgan fingerprint density at radius 2 is 2.27 bits per heavy atom. The first-order chi connectivity index (χ1) is 10.3. The quantitative estimate of drug-likeness (QED) is 0.930. The lowest BCUT2D eigenvalue weighted by molar-refractivity contribution is -0.137. The summed E-state index contributed by atoms with van der Waals surface area (Å²) in [5.74, 6) is -0.238. The number of amides is 1. The highest BCUT2D eigenvalue weighted by Crippen LogP contribution is 2.30. The molecule has 0 bridgehead atoms. The topological polar surface area (TPSA) is 71.4 Å². The van der Waals surface area contributed by atoms with Crippen molar-refractivity contribution in [2.24, 2.45) is 5.10 Å². The fourth-order valence-electron chi connectivity index (χ4n) is 1.82. The predicted octanol–water partition coefficient (Wildman–Crippen LogP) is 2.74. The molecule has 9 heteroatoms. The van der Waals surface area contributed by atoms with Crippen molar-refractivity contribution in [3.63, 3.8) is 0 Å². The van der Waals surface area contributed by atoms with Gasteiger partial charge >= 0.3 is 12.3 Å². The van der Waals surface area contributed by atoms with Crippen LogP contribution in [0, 0.1) is 0 Å². The van der Waals surface area contributed by atoms with Gasteiger partial charge in [0.05, 0.1) is 5.56 Å². The van der Waals surface area contributed by atoms with E-state index in [1.54, 1.807) is 6.92 Å². The number of hydrogen-bond acceptors (Lipinski definition) is 4. The van der Waals surface area contributed by atoms with E-state index in [0.29, 0.717) is 5.01 Å². The van der Waals surface area contributed by atoms with Gasteiger partial charge < -0.3 is 14.6 Å². The minimum atomic E-state index is -4.52. The minimum Gasteiger partial charge on any atom is -0.464 e. The van der Waals surface area contributed by atoms with Crippen LogP contribution in [0.3, 0.4) is 0 Å². The molecule has 120 valence electrons. The van der Waals surface area contributed by atoms with E-state index in [0.717, 1.165) is 12.1 Å². The number of benzene rings is 1. The zero-order valence-corrected chi connectivity index (χ0v) is 11.5. The largest absolute Gasteiger partial charge is 0.464 e. The summed E-state index contributed by atoms with van der Waals surface area (Å²) in [5, 5.41) is 13.4. The summed E-state index contributed by atoms with van der Waals surface area (Å²) < 4.78 is 48.7. The van der Waals surface area contributed by atoms with Crippen LogP contribution in [0.4, 0.5) is 18.0 Å². The van der Waals surface area contributed by atoms with Gasteiger partial charge in [0.1, 0.15) is 6.54 Å². The first-order valence-corrected chi connectivity index (χ1v) is 6.36. The molecule has 0 aromatic heterocycles. The lowest BCUT2D eigenvalue weighted by Crippen LogP contribution is -2.42. The van der Waals surface area contributed by atoms with Crippen molar-refractivity contribution in [1.29, 1.82) is 0 Å². The number of alkyl halides is 3. The fourth-order valence-corrected chi connectivity index (χ4v) is 1.82. The first kappa shape index (κ1) is 16.1. The molecule has 0 saturated carbocycles. The van der Waals surface area contributed by atoms with E-state index < -0.39 is 24.1 Å². The monoisotopic (exact) mass is 318 g/mol. The van der Waals surface area contributed by atoms with E-state index in [2.05, 4.69) is 5.10 Å². The smallest absolute Gasteiger partial charge is 0.428 e. The van der Waals surface area contributed by atoms with Gasteiger partial charge in [0, 0.05) is 12.2 Å². The Balaban J connectivity index is 2.34. The molecule has 22 heavy (non-hydrogen) atoms. The van der Waals surface area contributed by atoms with Crippen LogP contribution in [0.15, 0.2) is 29.4 Å². The SMILES string of the molecule is CCOC1CN(C(=O)O)N=C(c2cccc(C(F)(F)F)c2)O1. The second-order valence-electron chi connectivity index (χ2n) is 4.35. The van der Waals surface area contributed by atoms with Crippen LogP contribution in [0.25, 0.3) is 0 Å². The number of hydrogen-bond donors (Lipinski definition) is 1. The maximum atomic E-state index is 12.7. The number of carboxylic acid groups (broad SMARTS) is 1. The highest BCUT2D eigenvalue weighted by molar-refractivity contribution is 5.95. The molecule has 0 radical (unpaired) electrons. The third-order valence-electron chi connectivity index (χ3n) is 2.79. The predicted molar refractivity (Wildman–Crippen MR) is 69.2 cm³/mol. The van der Waals surface area contributed by atoms with Gasteiger partial charge in [-0.25, -0.2) is 4.79 Å². The van der Waals surface area contributed by atoms with Crippen molar-refractivity contribution < 1.29 is 32.5 Å². The van der Waals surface area contributed by atoms with Crippen molar-refractivity contribution in [2.75, 3.05) is 13.2 Å². The fraction of sp³-hybridized carbons (Fsp3) is 0.385. The lowest BCUT2D eigenvalue weighted by atomic mass is 10.1. The lowest BCUT2D eigenvalue weighted by Gasteiger charge is -2.28. The molecule has 1 unspecified atom stereocenters. The van der Waals surface area contributed by atoms with Crippen molar-refractivity contribution in [2.45, 2.75) is 19.4 Å². The van der Waals surface area contributed by atoms with Crippen LogP contribution in [0.2, 0.25) is 0 Å². The molecule has 0 fully saturated rings. The van der Waals surface area contributed by atoms with E-state index in [1.165, 1.54) is 12.1 Å². The summed E-state index contributed by atoms with van der Waals surface area (Å²) in [4.78, 5) is 11.0. The maximum absolute atomic E-state index is 12.7. The Kier molecular flexibility index (Phi) is 4.55. The normalized spacial score (nSPS) is 18.6. The number of rotatable bonds is 3. The zero-order chi connectivity index (χ0) is 16.3. The molecule has 6 nitrogen and oxygen atoms in total. The first-order valence-electron chi connectivity index (χ1n) is 6.36. The highest BCUT2D eigenvalue weighted by Gasteiger charge is 2.32. The molecule has 1 atom stereocenters. The number of halogens is 3. The molecule has 1 amide bonds. The van der Waals surface area contributed by atoms with E-state index in [-0.39, 0.29) is 24.6 Å². The van der Waals surface area contributed by atoms with Crippen molar-refractivity contribution in [1.82, 2.24) is 5.01 Å². The Morgan fingerprint density at radius 3 is 2.86 bits per heavy atom.